The van der Waals surface area contributed by atoms with Gasteiger partial charge >= 0.3 is 11.8 Å². The van der Waals surface area contributed by atoms with Crippen molar-refractivity contribution in [2.45, 2.75) is 33.3 Å². The molecule has 0 atom stereocenters. The van der Waals surface area contributed by atoms with Crippen LogP contribution in [0.2, 0.25) is 0 Å². The molecule has 24 heavy (non-hydrogen) atoms. The predicted molar refractivity (Wildman–Crippen MR) is 91.2 cm³/mol. The molecule has 0 radical (unpaired) electrons. The number of rotatable bonds is 2. The van der Waals surface area contributed by atoms with Gasteiger partial charge in [-0.05, 0) is 33.3 Å². The number of nitrogens with one attached hydrogen (secondary N) is 1. The quantitative estimate of drug-likeness (QED) is 0.480. The van der Waals surface area contributed by atoms with Crippen LogP contribution in [0.5, 0.6) is 0 Å². The van der Waals surface area contributed by atoms with E-state index in [2.05, 4.69) is 10.1 Å². The average molecular weight is 354 g/mol. The molecule has 9 nitrogen and oxygen atoms in total. The fourth-order valence-corrected chi connectivity index (χ4v) is 3.14. The van der Waals surface area contributed by atoms with Crippen molar-refractivity contribution in [1.29, 1.82) is 0 Å². The van der Waals surface area contributed by atoms with Gasteiger partial charge in [-0.15, -0.1) is 11.3 Å². The second-order valence-corrected chi connectivity index (χ2v) is 7.14. The summed E-state index contributed by atoms with van der Waals surface area (Å²) in [6.07, 6.45) is 0.346. The first-order chi connectivity index (χ1) is 11.1. The van der Waals surface area contributed by atoms with Crippen molar-refractivity contribution >= 4 is 33.9 Å². The van der Waals surface area contributed by atoms with Crippen LogP contribution in [-0.4, -0.2) is 39.8 Å². The summed E-state index contributed by atoms with van der Waals surface area (Å²) in [5, 5.41) is 12.7. The summed E-state index contributed by atoms with van der Waals surface area (Å²) in [6.45, 7) is 6.70. The lowest BCUT2D eigenvalue weighted by Crippen LogP contribution is -2.52. The van der Waals surface area contributed by atoms with Crippen molar-refractivity contribution in [2.24, 2.45) is 5.16 Å². The summed E-state index contributed by atoms with van der Waals surface area (Å²) in [5.74, 6) is 0. The van der Waals surface area contributed by atoms with Gasteiger partial charge in [-0.1, -0.05) is 5.16 Å². The highest BCUT2D eigenvalue weighted by molar-refractivity contribution is 7.20. The van der Waals surface area contributed by atoms with Crippen LogP contribution in [0.3, 0.4) is 0 Å². The number of carbonyl (C=O) groups is 1. The fraction of sp³-hybridized carbons (Fsp3) is 0.429. The van der Waals surface area contributed by atoms with E-state index in [1.54, 1.807) is 27.7 Å². The van der Waals surface area contributed by atoms with Crippen molar-refractivity contribution in [3.8, 4) is 0 Å². The minimum absolute atomic E-state index is 0.241. The van der Waals surface area contributed by atoms with E-state index < -0.39 is 22.9 Å². The van der Waals surface area contributed by atoms with Gasteiger partial charge in [0.25, 0.3) is 5.56 Å². The molecule has 0 saturated heterocycles. The van der Waals surface area contributed by atoms with Gasteiger partial charge < -0.3 is 9.94 Å². The van der Waals surface area contributed by atoms with Gasteiger partial charge in [-0.25, -0.2) is 14.6 Å². The Labute approximate surface area is 140 Å². The molecule has 0 saturated carbocycles. The van der Waals surface area contributed by atoms with Crippen molar-refractivity contribution in [2.75, 3.05) is 12.1 Å². The first kappa shape index (κ1) is 17.7. The summed E-state index contributed by atoms with van der Waals surface area (Å²) in [5.41, 5.74) is -1.65. The summed E-state index contributed by atoms with van der Waals surface area (Å²) in [6, 6.07) is 0. The monoisotopic (exact) mass is 354 g/mol. The van der Waals surface area contributed by atoms with E-state index in [-0.39, 0.29) is 5.39 Å². The third kappa shape index (κ3) is 3.18. The number of hydrogen-bond donors (Lipinski definition) is 2. The lowest BCUT2D eigenvalue weighted by molar-refractivity contribution is 0.0546. The molecule has 1 amide bonds. The molecule has 2 heterocycles. The van der Waals surface area contributed by atoms with Crippen molar-refractivity contribution in [3.63, 3.8) is 0 Å². The molecular weight excluding hydrogens is 336 g/mol. The molecule has 0 bridgehead atoms. The molecule has 2 N–H and O–H groups in total. The van der Waals surface area contributed by atoms with Gasteiger partial charge in [-0.3, -0.25) is 9.78 Å². The van der Waals surface area contributed by atoms with Gasteiger partial charge in [0.15, 0.2) is 0 Å². The third-order valence-electron chi connectivity index (χ3n) is 3.14. The van der Waals surface area contributed by atoms with E-state index >= 15 is 0 Å². The third-order valence-corrected chi connectivity index (χ3v) is 4.28. The van der Waals surface area contributed by atoms with E-state index in [4.69, 9.17) is 9.94 Å². The Hall–Kier alpha value is -2.62. The summed E-state index contributed by atoms with van der Waals surface area (Å²) in [7, 11) is 1.27. The van der Waals surface area contributed by atoms with Crippen LogP contribution in [0.4, 0.5) is 4.79 Å². The predicted octanol–water partition coefficient (Wildman–Crippen LogP) is 1.37. The number of aryl methyl sites for hydroxylation is 1. The van der Waals surface area contributed by atoms with Crippen LogP contribution in [0.1, 0.15) is 31.2 Å². The van der Waals surface area contributed by atoms with Gasteiger partial charge in [0.2, 0.25) is 0 Å². The maximum atomic E-state index is 12.7. The SMILES string of the molecule is Cc1c(C=NO)sc2[nH]c(=O)n(N(C)C(=O)OC(C)(C)C)c(=O)c12. The van der Waals surface area contributed by atoms with Gasteiger partial charge in [0.1, 0.15) is 10.4 Å². The Morgan fingerprint density at radius 1 is 1.42 bits per heavy atom. The smallest absolute Gasteiger partial charge is 0.429 e. The number of hydrogen-bond acceptors (Lipinski definition) is 7. The van der Waals surface area contributed by atoms with Crippen LogP contribution < -0.4 is 16.3 Å². The van der Waals surface area contributed by atoms with Crippen molar-refractivity contribution in [1.82, 2.24) is 9.66 Å². The van der Waals surface area contributed by atoms with E-state index in [0.29, 0.717) is 19.9 Å². The minimum Gasteiger partial charge on any atom is -0.442 e. The Morgan fingerprint density at radius 3 is 2.58 bits per heavy atom. The first-order valence-corrected chi connectivity index (χ1v) is 7.81. The lowest BCUT2D eigenvalue weighted by atomic mass is 10.2. The molecule has 2 rings (SSSR count). The number of aromatic nitrogens is 2. The van der Waals surface area contributed by atoms with E-state index in [9.17, 15) is 14.4 Å². The number of aromatic amines is 1. The second-order valence-electron chi connectivity index (χ2n) is 6.09. The Morgan fingerprint density at radius 2 is 2.04 bits per heavy atom. The maximum Gasteiger partial charge on any atom is 0.429 e. The summed E-state index contributed by atoms with van der Waals surface area (Å²) >= 11 is 1.10. The normalized spacial score (nSPS) is 12.0. The number of amides is 1. The zero-order chi connectivity index (χ0) is 18.2. The summed E-state index contributed by atoms with van der Waals surface area (Å²) in [4.78, 5) is 40.5. The maximum absolute atomic E-state index is 12.7. The highest BCUT2D eigenvalue weighted by Crippen LogP contribution is 2.24. The first-order valence-electron chi connectivity index (χ1n) is 6.99. The molecule has 2 aromatic rings. The average Bonchev–Trinajstić information content (AvgIpc) is 2.73. The van der Waals surface area contributed by atoms with Gasteiger partial charge in [0.05, 0.1) is 16.5 Å². The molecule has 0 fully saturated rings. The zero-order valence-corrected chi connectivity index (χ0v) is 14.7. The molecule has 0 aliphatic heterocycles. The van der Waals surface area contributed by atoms with E-state index in [1.165, 1.54) is 13.3 Å². The number of fused-ring (bicyclic) bond motifs is 1. The molecular formula is C14H18N4O5S. The molecule has 0 aliphatic rings. The second kappa shape index (κ2) is 6.11. The van der Waals surface area contributed by atoms with Crippen LogP contribution >= 0.6 is 11.3 Å². The molecule has 10 heteroatoms. The number of carbonyl (C=O) groups excluding carboxylic acids is 1. The number of nitrogens with zero attached hydrogens (tertiary/aromatic N) is 3. The number of thiophene rings is 1. The minimum atomic E-state index is -0.834. The zero-order valence-electron chi connectivity index (χ0n) is 13.9. The van der Waals surface area contributed by atoms with Crippen molar-refractivity contribution in [3.05, 3.63) is 31.3 Å². The largest absolute Gasteiger partial charge is 0.442 e. The van der Waals surface area contributed by atoms with E-state index in [1.807, 2.05) is 0 Å². The number of oxime groups is 1. The molecule has 0 unspecified atom stereocenters. The molecule has 0 aliphatic carbocycles. The molecule has 0 aromatic carbocycles. The highest BCUT2D eigenvalue weighted by atomic mass is 32.1. The number of H-pyrrole nitrogens is 1. The molecule has 0 spiro atoms. The fourth-order valence-electron chi connectivity index (χ4n) is 2.08. The Kier molecular flexibility index (Phi) is 4.52. The van der Waals surface area contributed by atoms with Crippen LogP contribution in [0, 0.1) is 6.92 Å². The van der Waals surface area contributed by atoms with Crippen LogP contribution in [0.15, 0.2) is 14.7 Å². The Bertz CT molecular complexity index is 932. The summed E-state index contributed by atoms with van der Waals surface area (Å²) < 4.78 is 5.85. The van der Waals surface area contributed by atoms with Crippen LogP contribution in [-0.2, 0) is 4.74 Å². The van der Waals surface area contributed by atoms with Crippen molar-refractivity contribution < 1.29 is 14.7 Å². The number of ether oxygens (including phenoxy) is 1. The standard InChI is InChI=1S/C14H18N4O5S/c1-7-8(6-15-22)24-10-9(7)11(19)18(12(20)16-10)17(5)13(21)23-14(2,3)4/h6,22H,1-5H3,(H,16,20). The lowest BCUT2D eigenvalue weighted by Gasteiger charge is -2.24. The Balaban J connectivity index is 2.64. The topological polar surface area (TPSA) is 117 Å². The van der Waals surface area contributed by atoms with E-state index in [0.717, 1.165) is 16.3 Å². The highest BCUT2D eigenvalue weighted by Gasteiger charge is 2.24. The molecule has 2 aromatic heterocycles. The van der Waals surface area contributed by atoms with Gasteiger partial charge in [-0.2, -0.15) is 4.68 Å². The van der Waals surface area contributed by atoms with Crippen LogP contribution in [0.25, 0.3) is 10.2 Å². The van der Waals surface area contributed by atoms with Gasteiger partial charge in [0, 0.05) is 7.05 Å². The molecule has 130 valence electrons.